The van der Waals surface area contributed by atoms with E-state index in [2.05, 4.69) is 60.1 Å². The lowest BCUT2D eigenvalue weighted by atomic mass is 10.1. The minimum Gasteiger partial charge on any atom is -0.493 e. The van der Waals surface area contributed by atoms with Crippen LogP contribution in [0, 0.1) is 27.7 Å². The molecule has 1 N–H and O–H groups in total. The summed E-state index contributed by atoms with van der Waals surface area (Å²) in [5.41, 5.74) is 6.86. The molecule has 0 spiro atoms. The van der Waals surface area contributed by atoms with Crippen LogP contribution in [0.3, 0.4) is 0 Å². The molecule has 1 amide bonds. The highest BCUT2D eigenvalue weighted by atomic mass is 16.5. The molecule has 1 aromatic heterocycles. The van der Waals surface area contributed by atoms with Gasteiger partial charge in [0.1, 0.15) is 17.3 Å². The molecule has 1 heterocycles. The number of fused-ring (bicyclic) bond motifs is 1. The average Bonchev–Trinajstić information content (AvgIpc) is 3.29. The van der Waals surface area contributed by atoms with Gasteiger partial charge in [0.25, 0.3) is 5.91 Å². The van der Waals surface area contributed by atoms with Crippen LogP contribution < -0.4 is 14.8 Å². The van der Waals surface area contributed by atoms with E-state index in [0.29, 0.717) is 13.2 Å². The molecule has 0 aliphatic rings. The number of carbonyl (C=O) groups is 1. The molecule has 0 aliphatic heterocycles. The third-order valence-corrected chi connectivity index (χ3v) is 7.20. The summed E-state index contributed by atoms with van der Waals surface area (Å²) >= 11 is 0. The number of benzene rings is 3. The molecule has 212 valence electrons. The highest BCUT2D eigenvalue weighted by Gasteiger charge is 2.11. The topological polar surface area (TPSA) is 65.4 Å². The molecular weight excluding hydrogens is 498 g/mol. The molecular formula is C34H43N3O3. The van der Waals surface area contributed by atoms with E-state index in [4.69, 9.17) is 14.5 Å². The zero-order valence-corrected chi connectivity index (χ0v) is 24.5. The first-order valence-corrected chi connectivity index (χ1v) is 14.5. The maximum absolute atomic E-state index is 12.2. The minimum absolute atomic E-state index is 0.0456. The van der Waals surface area contributed by atoms with Crippen molar-refractivity contribution >= 4 is 16.9 Å². The van der Waals surface area contributed by atoms with Gasteiger partial charge in [0.05, 0.1) is 17.6 Å². The van der Waals surface area contributed by atoms with Crippen molar-refractivity contribution in [2.24, 2.45) is 0 Å². The van der Waals surface area contributed by atoms with Gasteiger partial charge in [0.15, 0.2) is 6.61 Å². The summed E-state index contributed by atoms with van der Waals surface area (Å²) in [6.45, 7) is 10.6. The van der Waals surface area contributed by atoms with Crippen molar-refractivity contribution in [1.29, 1.82) is 0 Å². The van der Waals surface area contributed by atoms with Gasteiger partial charge in [0, 0.05) is 19.5 Å². The number of nitrogens with one attached hydrogen (secondary N) is 1. The molecule has 0 aliphatic carbocycles. The second-order valence-corrected chi connectivity index (χ2v) is 10.7. The molecule has 0 saturated carbocycles. The standard InChI is InChI=1S/C34H43N3O3/c1-25-16-18-31(28(4)22-25)39-21-11-10-20-37-30-13-8-7-12-29(30)36-33(37)14-6-5-9-19-35-34(38)24-40-32-23-26(2)15-17-27(32)3/h7-8,12-13,15-18,22-23H,5-6,9-11,14,19-21,24H2,1-4H3,(H,35,38). The Hall–Kier alpha value is -3.80. The van der Waals surface area contributed by atoms with Gasteiger partial charge in [-0.25, -0.2) is 4.98 Å². The Morgan fingerprint density at radius 1 is 0.800 bits per heavy atom. The Balaban J connectivity index is 1.17. The van der Waals surface area contributed by atoms with Crippen LogP contribution in [0.5, 0.6) is 11.5 Å². The summed E-state index contributed by atoms with van der Waals surface area (Å²) in [4.78, 5) is 17.1. The summed E-state index contributed by atoms with van der Waals surface area (Å²) in [5, 5.41) is 2.98. The zero-order valence-electron chi connectivity index (χ0n) is 24.5. The number of ether oxygens (including phenoxy) is 2. The van der Waals surface area contributed by atoms with Crippen molar-refractivity contribution in [2.45, 2.75) is 72.8 Å². The molecule has 0 radical (unpaired) electrons. The lowest BCUT2D eigenvalue weighted by molar-refractivity contribution is -0.123. The quantitative estimate of drug-likeness (QED) is 0.164. The number of para-hydroxylation sites is 2. The zero-order chi connectivity index (χ0) is 28.3. The number of unbranched alkanes of at least 4 members (excludes halogenated alkanes) is 3. The first-order chi connectivity index (χ1) is 19.4. The molecule has 40 heavy (non-hydrogen) atoms. The van der Waals surface area contributed by atoms with E-state index in [1.807, 2.05) is 38.1 Å². The molecule has 4 aromatic rings. The normalized spacial score (nSPS) is 11.1. The first kappa shape index (κ1) is 29.2. The van der Waals surface area contributed by atoms with E-state index in [0.717, 1.165) is 79.0 Å². The molecule has 0 saturated heterocycles. The van der Waals surface area contributed by atoms with Gasteiger partial charge >= 0.3 is 0 Å². The van der Waals surface area contributed by atoms with E-state index in [-0.39, 0.29) is 12.5 Å². The number of hydrogen-bond acceptors (Lipinski definition) is 4. The smallest absolute Gasteiger partial charge is 0.257 e. The number of aromatic nitrogens is 2. The number of nitrogens with zero attached hydrogens (tertiary/aromatic N) is 2. The van der Waals surface area contributed by atoms with Crippen LogP contribution >= 0.6 is 0 Å². The largest absolute Gasteiger partial charge is 0.493 e. The summed E-state index contributed by atoms with van der Waals surface area (Å²) in [7, 11) is 0. The molecule has 3 aromatic carbocycles. The van der Waals surface area contributed by atoms with E-state index in [9.17, 15) is 4.79 Å². The van der Waals surface area contributed by atoms with Crippen LogP contribution in [0.2, 0.25) is 0 Å². The Morgan fingerprint density at radius 2 is 1.60 bits per heavy atom. The van der Waals surface area contributed by atoms with Gasteiger partial charge < -0.3 is 19.4 Å². The molecule has 0 fully saturated rings. The predicted molar refractivity (Wildman–Crippen MR) is 162 cm³/mol. The fraction of sp³-hybridized carbons (Fsp3) is 0.412. The summed E-state index contributed by atoms with van der Waals surface area (Å²) in [6.07, 6.45) is 5.96. The predicted octanol–water partition coefficient (Wildman–Crippen LogP) is 7.04. The van der Waals surface area contributed by atoms with Gasteiger partial charge in [0.2, 0.25) is 0 Å². The maximum Gasteiger partial charge on any atom is 0.257 e. The molecule has 6 heteroatoms. The molecule has 6 nitrogen and oxygen atoms in total. The fourth-order valence-electron chi connectivity index (χ4n) is 4.95. The number of carbonyl (C=O) groups excluding carboxylic acids is 1. The monoisotopic (exact) mass is 541 g/mol. The van der Waals surface area contributed by atoms with Crippen LogP contribution in [0.1, 0.15) is 60.2 Å². The number of imidazole rings is 1. The maximum atomic E-state index is 12.2. The number of aryl methyl sites for hydroxylation is 6. The molecule has 4 rings (SSSR count). The molecule has 0 bridgehead atoms. The highest BCUT2D eigenvalue weighted by molar-refractivity contribution is 5.77. The van der Waals surface area contributed by atoms with E-state index in [1.54, 1.807) is 0 Å². The van der Waals surface area contributed by atoms with E-state index in [1.165, 1.54) is 16.6 Å². The third-order valence-electron chi connectivity index (χ3n) is 7.20. The van der Waals surface area contributed by atoms with Gasteiger partial charge in [-0.3, -0.25) is 4.79 Å². The van der Waals surface area contributed by atoms with E-state index >= 15 is 0 Å². The highest BCUT2D eigenvalue weighted by Crippen LogP contribution is 2.21. The van der Waals surface area contributed by atoms with Crippen molar-refractivity contribution in [3.63, 3.8) is 0 Å². The summed E-state index contributed by atoms with van der Waals surface area (Å²) in [6, 6.07) is 20.7. The van der Waals surface area contributed by atoms with Crippen LogP contribution in [-0.4, -0.2) is 35.2 Å². The van der Waals surface area contributed by atoms with Crippen molar-refractivity contribution in [3.05, 3.63) is 88.7 Å². The molecule has 0 unspecified atom stereocenters. The lowest BCUT2D eigenvalue weighted by Crippen LogP contribution is -2.29. The van der Waals surface area contributed by atoms with Crippen molar-refractivity contribution < 1.29 is 14.3 Å². The number of hydrogen-bond donors (Lipinski definition) is 1. The lowest BCUT2D eigenvalue weighted by Gasteiger charge is -2.12. The van der Waals surface area contributed by atoms with Crippen molar-refractivity contribution in [3.8, 4) is 11.5 Å². The van der Waals surface area contributed by atoms with Crippen molar-refractivity contribution in [2.75, 3.05) is 19.8 Å². The van der Waals surface area contributed by atoms with Gasteiger partial charge in [-0.15, -0.1) is 0 Å². The van der Waals surface area contributed by atoms with Gasteiger partial charge in [-0.1, -0.05) is 48.4 Å². The number of rotatable bonds is 15. The summed E-state index contributed by atoms with van der Waals surface area (Å²) in [5.74, 6) is 2.81. The minimum atomic E-state index is -0.0794. The van der Waals surface area contributed by atoms with Crippen LogP contribution in [0.4, 0.5) is 0 Å². The van der Waals surface area contributed by atoms with Crippen LogP contribution in [-0.2, 0) is 17.8 Å². The summed E-state index contributed by atoms with van der Waals surface area (Å²) < 4.78 is 14.1. The molecule has 0 atom stereocenters. The van der Waals surface area contributed by atoms with Crippen LogP contribution in [0.25, 0.3) is 11.0 Å². The Kier molecular flexibility index (Phi) is 10.6. The third kappa shape index (κ3) is 8.35. The van der Waals surface area contributed by atoms with Crippen LogP contribution in [0.15, 0.2) is 60.7 Å². The Morgan fingerprint density at radius 3 is 2.45 bits per heavy atom. The van der Waals surface area contributed by atoms with E-state index < -0.39 is 0 Å². The van der Waals surface area contributed by atoms with Crippen molar-refractivity contribution in [1.82, 2.24) is 14.9 Å². The fourth-order valence-corrected chi connectivity index (χ4v) is 4.95. The second-order valence-electron chi connectivity index (χ2n) is 10.7. The average molecular weight is 542 g/mol. The Labute approximate surface area is 238 Å². The van der Waals surface area contributed by atoms with Gasteiger partial charge in [-0.05, 0) is 94.3 Å². The second kappa shape index (κ2) is 14.5. The Bertz CT molecular complexity index is 1410. The number of amides is 1. The first-order valence-electron chi connectivity index (χ1n) is 14.5. The SMILES string of the molecule is Cc1ccc(OCCCCn2c(CCCCCNC(=O)COc3cc(C)ccc3C)nc3ccccc32)c(C)c1. The van der Waals surface area contributed by atoms with Gasteiger partial charge in [-0.2, -0.15) is 0 Å².